The number of para-hydroxylation sites is 1. The lowest BCUT2D eigenvalue weighted by molar-refractivity contribution is -0.119. The Hall–Kier alpha value is -3.58. The van der Waals surface area contributed by atoms with Crippen LogP contribution >= 0.6 is 11.6 Å². The number of anilines is 2. The van der Waals surface area contributed by atoms with E-state index in [0.29, 0.717) is 22.2 Å². The summed E-state index contributed by atoms with van der Waals surface area (Å²) in [6.45, 7) is 1.11. The Bertz CT molecular complexity index is 1040. The third kappa shape index (κ3) is 5.24. The largest absolute Gasteiger partial charge is 0.469 e. The number of hydrogen-bond donors (Lipinski definition) is 2. The zero-order valence-corrected chi connectivity index (χ0v) is 16.2. The fourth-order valence-corrected chi connectivity index (χ4v) is 2.64. The van der Waals surface area contributed by atoms with Crippen LogP contribution in [-0.4, -0.2) is 24.4 Å². The first-order chi connectivity index (χ1) is 13.9. The molecular formula is C21H17ClN2O5. The Morgan fingerprint density at radius 2 is 1.69 bits per heavy atom. The van der Waals surface area contributed by atoms with Gasteiger partial charge in [0.1, 0.15) is 11.3 Å². The first-order valence-electron chi connectivity index (χ1n) is 8.61. The van der Waals surface area contributed by atoms with Gasteiger partial charge in [-0.15, -0.1) is 0 Å². The van der Waals surface area contributed by atoms with Gasteiger partial charge in [-0.25, -0.2) is 4.79 Å². The molecule has 148 valence electrons. The summed E-state index contributed by atoms with van der Waals surface area (Å²) in [5.74, 6) is -1.25. The minimum absolute atomic E-state index is 0.251. The molecule has 3 aromatic rings. The van der Waals surface area contributed by atoms with E-state index in [1.54, 1.807) is 55.5 Å². The molecule has 3 rings (SSSR count). The lowest BCUT2D eigenvalue weighted by Crippen LogP contribution is -2.23. The zero-order valence-electron chi connectivity index (χ0n) is 15.4. The van der Waals surface area contributed by atoms with Crippen molar-refractivity contribution in [3.63, 3.8) is 0 Å². The molecule has 29 heavy (non-hydrogen) atoms. The van der Waals surface area contributed by atoms with E-state index in [0.717, 1.165) is 0 Å². The smallest absolute Gasteiger partial charge is 0.342 e. The normalized spacial score (nSPS) is 10.3. The van der Waals surface area contributed by atoms with Crippen LogP contribution in [-0.2, 0) is 9.53 Å². The number of carbonyl (C=O) groups is 3. The summed E-state index contributed by atoms with van der Waals surface area (Å²) >= 11 is 5.84. The molecule has 0 aliphatic carbocycles. The molecule has 7 nitrogen and oxygen atoms in total. The molecule has 0 aliphatic heterocycles. The number of carbonyl (C=O) groups excluding carboxylic acids is 3. The van der Waals surface area contributed by atoms with Crippen LogP contribution in [0.25, 0.3) is 0 Å². The summed E-state index contributed by atoms with van der Waals surface area (Å²) < 4.78 is 10.0. The monoisotopic (exact) mass is 412 g/mol. The second-order valence-electron chi connectivity index (χ2n) is 6.02. The van der Waals surface area contributed by atoms with Crippen LogP contribution in [0, 0.1) is 6.92 Å². The van der Waals surface area contributed by atoms with Gasteiger partial charge in [0, 0.05) is 10.7 Å². The maximum atomic E-state index is 12.6. The second kappa shape index (κ2) is 9.07. The van der Waals surface area contributed by atoms with E-state index in [4.69, 9.17) is 20.8 Å². The molecule has 2 N–H and O–H groups in total. The van der Waals surface area contributed by atoms with E-state index in [2.05, 4.69) is 10.6 Å². The summed E-state index contributed by atoms with van der Waals surface area (Å²) in [5.41, 5.74) is 1.36. The van der Waals surface area contributed by atoms with Crippen LogP contribution in [0.4, 0.5) is 11.4 Å². The van der Waals surface area contributed by atoms with Crippen molar-refractivity contribution in [1.29, 1.82) is 0 Å². The van der Waals surface area contributed by atoms with Gasteiger partial charge in [-0.05, 0) is 49.4 Å². The van der Waals surface area contributed by atoms with Crippen LogP contribution in [0.5, 0.6) is 0 Å². The topological polar surface area (TPSA) is 97.6 Å². The van der Waals surface area contributed by atoms with Crippen LogP contribution < -0.4 is 10.6 Å². The number of nitrogens with one attached hydrogen (secondary N) is 2. The van der Waals surface area contributed by atoms with Crippen molar-refractivity contribution in [1.82, 2.24) is 0 Å². The Labute approximate surface area is 171 Å². The first-order valence-corrected chi connectivity index (χ1v) is 8.99. The molecule has 0 bridgehead atoms. The van der Waals surface area contributed by atoms with E-state index in [-0.39, 0.29) is 11.1 Å². The average molecular weight is 413 g/mol. The van der Waals surface area contributed by atoms with Gasteiger partial charge in [0.05, 0.1) is 17.5 Å². The highest BCUT2D eigenvalue weighted by Gasteiger charge is 2.17. The number of halogens is 1. The van der Waals surface area contributed by atoms with Crippen molar-refractivity contribution in [2.24, 2.45) is 0 Å². The number of rotatable bonds is 6. The third-order valence-electron chi connectivity index (χ3n) is 3.96. The van der Waals surface area contributed by atoms with Crippen molar-refractivity contribution in [3.05, 3.63) is 82.8 Å². The molecule has 0 aliphatic rings. The Balaban J connectivity index is 1.63. The molecule has 2 amide bonds. The second-order valence-corrected chi connectivity index (χ2v) is 6.46. The molecule has 0 unspecified atom stereocenters. The summed E-state index contributed by atoms with van der Waals surface area (Å²) in [4.78, 5) is 36.7. The van der Waals surface area contributed by atoms with E-state index >= 15 is 0 Å². The summed E-state index contributed by atoms with van der Waals surface area (Å²) in [6.07, 6.45) is 1.36. The van der Waals surface area contributed by atoms with Crippen molar-refractivity contribution in [2.75, 3.05) is 17.2 Å². The highest BCUT2D eigenvalue weighted by atomic mass is 35.5. The van der Waals surface area contributed by atoms with Gasteiger partial charge in [0.15, 0.2) is 6.61 Å². The quantitative estimate of drug-likeness (QED) is 0.588. The fourth-order valence-electron chi connectivity index (χ4n) is 2.51. The van der Waals surface area contributed by atoms with Crippen molar-refractivity contribution in [3.8, 4) is 0 Å². The van der Waals surface area contributed by atoms with Crippen molar-refractivity contribution >= 4 is 40.8 Å². The summed E-state index contributed by atoms with van der Waals surface area (Å²) in [5, 5.41) is 5.86. The maximum Gasteiger partial charge on any atom is 0.342 e. The minimum Gasteiger partial charge on any atom is -0.469 e. The van der Waals surface area contributed by atoms with Crippen LogP contribution in [0.1, 0.15) is 26.5 Å². The number of hydrogen-bond acceptors (Lipinski definition) is 5. The van der Waals surface area contributed by atoms with E-state index < -0.39 is 24.4 Å². The SMILES string of the molecule is Cc1occc1C(=O)OCC(=O)Nc1ccccc1C(=O)Nc1ccc(Cl)cc1. The fraction of sp³-hybridized carbons (Fsp3) is 0.0952. The molecule has 0 radical (unpaired) electrons. The van der Waals surface area contributed by atoms with Crippen LogP contribution in [0.15, 0.2) is 65.3 Å². The van der Waals surface area contributed by atoms with Crippen LogP contribution in [0.2, 0.25) is 5.02 Å². The molecule has 1 heterocycles. The van der Waals surface area contributed by atoms with Gasteiger partial charge in [-0.1, -0.05) is 23.7 Å². The molecule has 0 spiro atoms. The van der Waals surface area contributed by atoms with Crippen molar-refractivity contribution in [2.45, 2.75) is 6.92 Å². The maximum absolute atomic E-state index is 12.6. The molecule has 0 saturated carbocycles. The van der Waals surface area contributed by atoms with Gasteiger partial charge in [0.25, 0.3) is 11.8 Å². The van der Waals surface area contributed by atoms with Gasteiger partial charge in [-0.3, -0.25) is 9.59 Å². The van der Waals surface area contributed by atoms with Gasteiger partial charge < -0.3 is 19.8 Å². The highest BCUT2D eigenvalue weighted by molar-refractivity contribution is 6.30. The Morgan fingerprint density at radius 3 is 2.38 bits per heavy atom. The minimum atomic E-state index is -0.667. The number of aryl methyl sites for hydroxylation is 1. The number of amides is 2. The summed E-state index contributed by atoms with van der Waals surface area (Å²) in [6, 6.07) is 14.6. The van der Waals surface area contributed by atoms with Gasteiger partial charge in [0.2, 0.25) is 0 Å². The van der Waals surface area contributed by atoms with E-state index in [9.17, 15) is 14.4 Å². The van der Waals surface area contributed by atoms with Gasteiger partial charge in [-0.2, -0.15) is 0 Å². The lowest BCUT2D eigenvalue weighted by Gasteiger charge is -2.12. The molecule has 2 aromatic carbocycles. The third-order valence-corrected chi connectivity index (χ3v) is 4.21. The molecule has 1 aromatic heterocycles. The number of furan rings is 1. The number of esters is 1. The number of benzene rings is 2. The lowest BCUT2D eigenvalue weighted by atomic mass is 10.1. The zero-order chi connectivity index (χ0) is 20.8. The molecule has 8 heteroatoms. The molecular weight excluding hydrogens is 396 g/mol. The first kappa shape index (κ1) is 20.2. The standard InChI is InChI=1S/C21H17ClN2O5/c1-13-16(10-11-28-13)21(27)29-12-19(25)24-18-5-3-2-4-17(18)20(26)23-15-8-6-14(22)7-9-15/h2-11H,12H2,1H3,(H,23,26)(H,24,25). The van der Waals surface area contributed by atoms with Gasteiger partial charge >= 0.3 is 5.97 Å². The predicted molar refractivity (Wildman–Crippen MR) is 108 cm³/mol. The summed E-state index contributed by atoms with van der Waals surface area (Å²) in [7, 11) is 0. The Kier molecular flexibility index (Phi) is 6.31. The number of ether oxygens (including phenoxy) is 1. The predicted octanol–water partition coefficient (Wildman–Crippen LogP) is 4.29. The molecule has 0 fully saturated rings. The van der Waals surface area contributed by atoms with Crippen LogP contribution in [0.3, 0.4) is 0 Å². The average Bonchev–Trinajstić information content (AvgIpc) is 3.14. The van der Waals surface area contributed by atoms with E-state index in [1.807, 2.05) is 0 Å². The van der Waals surface area contributed by atoms with E-state index in [1.165, 1.54) is 12.3 Å². The Morgan fingerprint density at radius 1 is 0.966 bits per heavy atom. The highest BCUT2D eigenvalue weighted by Crippen LogP contribution is 2.19. The molecule has 0 atom stereocenters. The van der Waals surface area contributed by atoms with Crippen molar-refractivity contribution < 1.29 is 23.5 Å². The molecule has 0 saturated heterocycles.